The number of nitrogens with zero attached hydrogens (tertiary/aromatic N) is 1. The molecule has 0 saturated carbocycles. The van der Waals surface area contributed by atoms with E-state index in [9.17, 15) is 14.9 Å². The highest BCUT2D eigenvalue weighted by atomic mass is 32.2. The molecule has 1 aliphatic heterocycles. The second-order valence-electron chi connectivity index (χ2n) is 5.53. The molecule has 0 aromatic rings. The third kappa shape index (κ3) is 4.56. The fraction of sp³-hybridized carbons (Fsp3) is 0.643. The molecule has 8 heteroatoms. The van der Waals surface area contributed by atoms with Crippen LogP contribution in [-0.2, 0) is 9.53 Å². The van der Waals surface area contributed by atoms with Crippen molar-refractivity contribution in [2.24, 2.45) is 11.5 Å². The molecule has 0 bridgehead atoms. The molecule has 0 amide bonds. The second kappa shape index (κ2) is 7.75. The van der Waals surface area contributed by atoms with Gasteiger partial charge in [-0.3, -0.25) is 14.9 Å². The van der Waals surface area contributed by atoms with Gasteiger partial charge in [0.1, 0.15) is 5.76 Å². The average Bonchev–Trinajstić information content (AvgIpc) is 2.80. The first kappa shape index (κ1) is 17.0. The quantitative estimate of drug-likeness (QED) is 0.423. The number of nitrogens with two attached hydrogens (primary N) is 2. The van der Waals surface area contributed by atoms with E-state index in [0.29, 0.717) is 23.9 Å². The minimum atomic E-state index is -0.729. The smallest absolute Gasteiger partial charge is 0.311 e. The summed E-state index contributed by atoms with van der Waals surface area (Å²) in [7, 11) is 0. The van der Waals surface area contributed by atoms with E-state index < -0.39 is 6.04 Å². The Kier molecular flexibility index (Phi) is 5.98. The Labute approximate surface area is 133 Å². The average molecular weight is 327 g/mol. The summed E-state index contributed by atoms with van der Waals surface area (Å²) in [6, 6.07) is -0.703. The Hall–Kier alpha value is -1.38. The molecule has 2 rings (SSSR count). The van der Waals surface area contributed by atoms with Gasteiger partial charge in [0.25, 0.3) is 0 Å². The van der Waals surface area contributed by atoms with Gasteiger partial charge in [0.05, 0.1) is 0 Å². The summed E-state index contributed by atoms with van der Waals surface area (Å²) in [6.45, 7) is 0. The first-order valence-electron chi connectivity index (χ1n) is 7.32. The van der Waals surface area contributed by atoms with Gasteiger partial charge in [-0.2, -0.15) is 11.8 Å². The molecule has 1 fully saturated rings. The molecule has 1 saturated heterocycles. The molecule has 22 heavy (non-hydrogen) atoms. The molecule has 0 aromatic heterocycles. The molecule has 0 spiro atoms. The number of ether oxygens (including phenoxy) is 1. The lowest BCUT2D eigenvalue weighted by atomic mass is 10.0. The number of carbonyl (C=O) groups excluding carboxylic acids is 1. The summed E-state index contributed by atoms with van der Waals surface area (Å²) in [6.07, 6.45) is 6.60. The molecule has 2 unspecified atom stereocenters. The maximum atomic E-state index is 11.8. The molecular formula is C14H21N3O4S. The molecule has 2 aliphatic rings. The van der Waals surface area contributed by atoms with Crippen LogP contribution in [0.5, 0.6) is 0 Å². The Morgan fingerprint density at radius 2 is 2.27 bits per heavy atom. The summed E-state index contributed by atoms with van der Waals surface area (Å²) < 4.78 is 5.18. The number of hydrogen-bond donors (Lipinski definition) is 2. The van der Waals surface area contributed by atoms with Crippen molar-refractivity contribution in [3.63, 3.8) is 0 Å². The van der Waals surface area contributed by atoms with Gasteiger partial charge in [0, 0.05) is 40.9 Å². The molecular weight excluding hydrogens is 306 g/mol. The molecule has 1 heterocycles. The van der Waals surface area contributed by atoms with Gasteiger partial charge in [0.2, 0.25) is 6.04 Å². The second-order valence-corrected chi connectivity index (χ2v) is 6.81. The van der Waals surface area contributed by atoms with Crippen LogP contribution in [0.3, 0.4) is 0 Å². The van der Waals surface area contributed by atoms with Gasteiger partial charge >= 0.3 is 5.97 Å². The standard InChI is InChI=1S/C14H21N3O4S/c15-11-8-22-12(14(11)16)2-1-3-13(18)21-10-6-4-9(5-7-10)17(19)20/h4,6-7,9,11-12,14H,1-3,5,8,15-16H2/t9?,11-,12?,14+/m1/s1. The van der Waals surface area contributed by atoms with Crippen LogP contribution in [-0.4, -0.2) is 40.0 Å². The third-order valence-corrected chi connectivity index (χ3v) is 5.40. The van der Waals surface area contributed by atoms with E-state index in [-0.39, 0.29) is 29.4 Å². The van der Waals surface area contributed by atoms with Crippen molar-refractivity contribution < 1.29 is 14.5 Å². The summed E-state index contributed by atoms with van der Waals surface area (Å²) in [5, 5.41) is 10.9. The zero-order chi connectivity index (χ0) is 16.1. The van der Waals surface area contributed by atoms with E-state index in [1.807, 2.05) is 0 Å². The Bertz CT molecular complexity index is 494. The van der Waals surface area contributed by atoms with Gasteiger partial charge in [-0.05, 0) is 31.1 Å². The zero-order valence-electron chi connectivity index (χ0n) is 12.2. The molecule has 7 nitrogen and oxygen atoms in total. The molecule has 0 radical (unpaired) electrons. The van der Waals surface area contributed by atoms with Crippen LogP contribution in [0.4, 0.5) is 0 Å². The number of allylic oxidation sites excluding steroid dienone is 1. The van der Waals surface area contributed by atoms with Gasteiger partial charge in [0.15, 0.2) is 0 Å². The first-order valence-corrected chi connectivity index (χ1v) is 8.37. The van der Waals surface area contributed by atoms with Crippen molar-refractivity contribution in [1.29, 1.82) is 0 Å². The van der Waals surface area contributed by atoms with E-state index in [2.05, 4.69) is 0 Å². The monoisotopic (exact) mass is 327 g/mol. The van der Waals surface area contributed by atoms with Crippen molar-refractivity contribution in [2.75, 3.05) is 5.75 Å². The topological polar surface area (TPSA) is 121 Å². The predicted molar refractivity (Wildman–Crippen MR) is 84.8 cm³/mol. The number of nitro groups is 1. The summed E-state index contributed by atoms with van der Waals surface area (Å²) in [5.74, 6) is 0.930. The highest BCUT2D eigenvalue weighted by Crippen LogP contribution is 2.29. The van der Waals surface area contributed by atoms with Crippen LogP contribution in [0.25, 0.3) is 0 Å². The lowest BCUT2D eigenvalue weighted by Gasteiger charge is -2.16. The number of hydrogen-bond acceptors (Lipinski definition) is 7. The fourth-order valence-corrected chi connectivity index (χ4v) is 3.91. The number of esters is 1. The highest BCUT2D eigenvalue weighted by molar-refractivity contribution is 8.00. The molecule has 122 valence electrons. The van der Waals surface area contributed by atoms with E-state index in [0.717, 1.165) is 12.2 Å². The first-order chi connectivity index (χ1) is 10.5. The Morgan fingerprint density at radius 3 is 2.82 bits per heavy atom. The fourth-order valence-electron chi connectivity index (χ4n) is 2.46. The van der Waals surface area contributed by atoms with Crippen molar-refractivity contribution >= 4 is 17.7 Å². The minimum absolute atomic E-state index is 0.0101. The maximum Gasteiger partial charge on any atom is 0.311 e. The van der Waals surface area contributed by atoms with Crippen LogP contribution in [0, 0.1) is 10.1 Å². The number of carbonyl (C=O) groups is 1. The van der Waals surface area contributed by atoms with E-state index in [4.69, 9.17) is 16.2 Å². The van der Waals surface area contributed by atoms with Gasteiger partial charge in [-0.1, -0.05) is 0 Å². The third-order valence-electron chi connectivity index (χ3n) is 3.84. The molecule has 1 aliphatic carbocycles. The SMILES string of the molecule is N[C@@H]1CSC(CCCC(=O)OC2=CCC([N+](=O)[O-])C=C2)[C@H]1N. The van der Waals surface area contributed by atoms with Crippen LogP contribution in [0.2, 0.25) is 0 Å². The normalized spacial score (nSPS) is 30.9. The van der Waals surface area contributed by atoms with Crippen molar-refractivity contribution in [1.82, 2.24) is 0 Å². The minimum Gasteiger partial charge on any atom is -0.427 e. The van der Waals surface area contributed by atoms with Gasteiger partial charge in [-0.15, -0.1) is 0 Å². The zero-order valence-corrected chi connectivity index (χ0v) is 13.0. The van der Waals surface area contributed by atoms with Crippen molar-refractivity contribution in [2.45, 2.75) is 49.1 Å². The lowest BCUT2D eigenvalue weighted by molar-refractivity contribution is -0.508. The number of thioether (sulfide) groups is 1. The van der Waals surface area contributed by atoms with Crippen LogP contribution < -0.4 is 11.5 Å². The van der Waals surface area contributed by atoms with E-state index >= 15 is 0 Å². The summed E-state index contributed by atoms with van der Waals surface area (Å²) in [4.78, 5) is 22.0. The molecule has 4 N–H and O–H groups in total. The van der Waals surface area contributed by atoms with Crippen LogP contribution in [0.15, 0.2) is 24.0 Å². The summed E-state index contributed by atoms with van der Waals surface area (Å²) >= 11 is 1.76. The number of rotatable bonds is 6. The maximum absolute atomic E-state index is 11.8. The van der Waals surface area contributed by atoms with Gasteiger partial charge in [-0.25, -0.2) is 0 Å². The van der Waals surface area contributed by atoms with Crippen molar-refractivity contribution in [3.8, 4) is 0 Å². The highest BCUT2D eigenvalue weighted by Gasteiger charge is 2.31. The van der Waals surface area contributed by atoms with E-state index in [1.54, 1.807) is 17.8 Å². The van der Waals surface area contributed by atoms with Crippen LogP contribution in [0.1, 0.15) is 25.7 Å². The van der Waals surface area contributed by atoms with Gasteiger partial charge < -0.3 is 16.2 Å². The van der Waals surface area contributed by atoms with E-state index in [1.165, 1.54) is 12.2 Å². The summed E-state index contributed by atoms with van der Waals surface area (Å²) in [5.41, 5.74) is 11.8. The largest absolute Gasteiger partial charge is 0.427 e. The Balaban J connectivity index is 1.67. The van der Waals surface area contributed by atoms with Crippen LogP contribution >= 0.6 is 11.8 Å². The van der Waals surface area contributed by atoms with Crippen molar-refractivity contribution in [3.05, 3.63) is 34.1 Å². The predicted octanol–water partition coefficient (Wildman–Crippen LogP) is 0.959. The molecule has 4 atom stereocenters. The lowest BCUT2D eigenvalue weighted by Crippen LogP contribution is -2.43. The Morgan fingerprint density at radius 1 is 1.50 bits per heavy atom. The molecule has 0 aromatic carbocycles.